The van der Waals surface area contributed by atoms with Crippen molar-refractivity contribution in [3.05, 3.63) is 35.9 Å². The maximum atomic E-state index is 12.7. The number of hydrogen-bond acceptors (Lipinski definition) is 4. The zero-order valence-electron chi connectivity index (χ0n) is 13.0. The number of thioether (sulfide) groups is 1. The van der Waals surface area contributed by atoms with Gasteiger partial charge in [-0.1, -0.05) is 30.3 Å². The molecule has 1 aliphatic rings. The van der Waals surface area contributed by atoms with Crippen LogP contribution in [-0.2, 0) is 20.8 Å². The number of carbonyl (C=O) groups is 3. The van der Waals surface area contributed by atoms with E-state index in [9.17, 15) is 14.4 Å². The van der Waals surface area contributed by atoms with Crippen LogP contribution in [0.5, 0.6) is 0 Å². The Bertz CT molecular complexity index is 579. The standard InChI is InChI=1S/C16H20N2O4S/c1-12(19)18-11-23-10-14(18)16(22)17(9-15(20)21)8-7-13-5-3-2-4-6-13/h2-6,14H,7-11H2,1H3,(H,20,21). The first-order valence-corrected chi connectivity index (χ1v) is 8.54. The summed E-state index contributed by atoms with van der Waals surface area (Å²) in [5.74, 6) is -0.507. The van der Waals surface area contributed by atoms with Crippen LogP contribution in [0.3, 0.4) is 0 Å². The van der Waals surface area contributed by atoms with E-state index >= 15 is 0 Å². The van der Waals surface area contributed by atoms with Crippen LogP contribution in [0.25, 0.3) is 0 Å². The molecule has 1 heterocycles. The summed E-state index contributed by atoms with van der Waals surface area (Å²) in [4.78, 5) is 38.2. The molecular weight excluding hydrogens is 316 g/mol. The van der Waals surface area contributed by atoms with Crippen molar-refractivity contribution >= 4 is 29.5 Å². The van der Waals surface area contributed by atoms with Crippen molar-refractivity contribution in [2.45, 2.75) is 19.4 Å². The number of nitrogens with zero attached hydrogens (tertiary/aromatic N) is 2. The molecule has 0 aromatic heterocycles. The lowest BCUT2D eigenvalue weighted by molar-refractivity contribution is -0.148. The van der Waals surface area contributed by atoms with E-state index in [-0.39, 0.29) is 18.4 Å². The molecule has 124 valence electrons. The lowest BCUT2D eigenvalue weighted by Gasteiger charge is -2.28. The van der Waals surface area contributed by atoms with Gasteiger partial charge in [0.15, 0.2) is 0 Å². The number of carbonyl (C=O) groups excluding carboxylic acids is 2. The quantitative estimate of drug-likeness (QED) is 0.840. The fourth-order valence-electron chi connectivity index (χ4n) is 2.51. The van der Waals surface area contributed by atoms with Crippen LogP contribution in [0.1, 0.15) is 12.5 Å². The van der Waals surface area contributed by atoms with Crippen molar-refractivity contribution < 1.29 is 19.5 Å². The highest BCUT2D eigenvalue weighted by Gasteiger charge is 2.36. The molecule has 1 aliphatic heterocycles. The minimum Gasteiger partial charge on any atom is -0.480 e. The Labute approximate surface area is 139 Å². The van der Waals surface area contributed by atoms with E-state index in [0.29, 0.717) is 24.6 Å². The molecule has 1 atom stereocenters. The van der Waals surface area contributed by atoms with Gasteiger partial charge in [-0.15, -0.1) is 11.8 Å². The molecule has 2 rings (SSSR count). The average Bonchev–Trinajstić information content (AvgIpc) is 3.01. The molecule has 0 radical (unpaired) electrons. The van der Waals surface area contributed by atoms with Gasteiger partial charge in [0, 0.05) is 19.2 Å². The van der Waals surface area contributed by atoms with Crippen molar-refractivity contribution in [2.24, 2.45) is 0 Å². The molecular formula is C16H20N2O4S. The molecule has 23 heavy (non-hydrogen) atoms. The molecule has 2 amide bonds. The predicted molar refractivity (Wildman–Crippen MR) is 88.0 cm³/mol. The number of aliphatic carboxylic acids is 1. The monoisotopic (exact) mass is 336 g/mol. The summed E-state index contributed by atoms with van der Waals surface area (Å²) >= 11 is 1.51. The molecule has 0 aliphatic carbocycles. The van der Waals surface area contributed by atoms with Crippen molar-refractivity contribution in [2.75, 3.05) is 24.7 Å². The number of hydrogen-bond donors (Lipinski definition) is 1. The van der Waals surface area contributed by atoms with Crippen molar-refractivity contribution in [3.63, 3.8) is 0 Å². The van der Waals surface area contributed by atoms with Gasteiger partial charge in [0.1, 0.15) is 12.6 Å². The third-order valence-electron chi connectivity index (χ3n) is 3.72. The van der Waals surface area contributed by atoms with Crippen LogP contribution in [0, 0.1) is 0 Å². The van der Waals surface area contributed by atoms with E-state index in [1.165, 1.54) is 28.5 Å². The number of benzene rings is 1. The summed E-state index contributed by atoms with van der Waals surface area (Å²) < 4.78 is 0. The SMILES string of the molecule is CC(=O)N1CSCC1C(=O)N(CCc1ccccc1)CC(=O)O. The maximum absolute atomic E-state index is 12.7. The van der Waals surface area contributed by atoms with Gasteiger partial charge in [-0.05, 0) is 12.0 Å². The van der Waals surface area contributed by atoms with Gasteiger partial charge in [-0.2, -0.15) is 0 Å². The van der Waals surface area contributed by atoms with Crippen molar-refractivity contribution in [1.82, 2.24) is 9.80 Å². The zero-order chi connectivity index (χ0) is 16.8. The van der Waals surface area contributed by atoms with Crippen LogP contribution in [0.4, 0.5) is 0 Å². The Morgan fingerprint density at radius 3 is 2.61 bits per heavy atom. The highest BCUT2D eigenvalue weighted by Crippen LogP contribution is 2.22. The third kappa shape index (κ3) is 4.72. The minimum atomic E-state index is -1.05. The molecule has 6 nitrogen and oxygen atoms in total. The lowest BCUT2D eigenvalue weighted by atomic mass is 10.1. The van der Waals surface area contributed by atoms with Gasteiger partial charge in [0.2, 0.25) is 11.8 Å². The van der Waals surface area contributed by atoms with Crippen LogP contribution in [0.15, 0.2) is 30.3 Å². The molecule has 1 aromatic rings. The van der Waals surface area contributed by atoms with Gasteiger partial charge in [-0.3, -0.25) is 14.4 Å². The Morgan fingerprint density at radius 1 is 1.30 bits per heavy atom. The summed E-state index contributed by atoms with van der Waals surface area (Å²) in [5.41, 5.74) is 1.04. The number of carboxylic acids is 1. The van der Waals surface area contributed by atoms with Gasteiger partial charge < -0.3 is 14.9 Å². The Hall–Kier alpha value is -2.02. The van der Waals surface area contributed by atoms with E-state index in [0.717, 1.165) is 5.56 Å². The van der Waals surface area contributed by atoms with Crippen LogP contribution in [-0.4, -0.2) is 63.5 Å². The second-order valence-corrected chi connectivity index (χ2v) is 6.39. The smallest absolute Gasteiger partial charge is 0.323 e. The fraction of sp³-hybridized carbons (Fsp3) is 0.438. The van der Waals surface area contributed by atoms with E-state index in [2.05, 4.69) is 0 Å². The normalized spacial score (nSPS) is 17.1. The first kappa shape index (κ1) is 17.3. The second-order valence-electron chi connectivity index (χ2n) is 5.39. The fourth-order valence-corrected chi connectivity index (χ4v) is 3.72. The first-order valence-electron chi connectivity index (χ1n) is 7.38. The molecule has 7 heteroatoms. The number of rotatable bonds is 6. The van der Waals surface area contributed by atoms with Gasteiger partial charge in [-0.25, -0.2) is 0 Å². The summed E-state index contributed by atoms with van der Waals surface area (Å²) in [6, 6.07) is 9.04. The molecule has 1 unspecified atom stereocenters. The van der Waals surface area contributed by atoms with Gasteiger partial charge in [0.05, 0.1) is 5.88 Å². The van der Waals surface area contributed by atoms with Crippen LogP contribution >= 0.6 is 11.8 Å². The number of carboxylic acid groups (broad SMARTS) is 1. The maximum Gasteiger partial charge on any atom is 0.323 e. The van der Waals surface area contributed by atoms with Crippen molar-refractivity contribution in [1.29, 1.82) is 0 Å². The highest BCUT2D eigenvalue weighted by atomic mass is 32.2. The van der Waals surface area contributed by atoms with E-state index in [4.69, 9.17) is 5.11 Å². The zero-order valence-corrected chi connectivity index (χ0v) is 13.8. The van der Waals surface area contributed by atoms with E-state index < -0.39 is 12.0 Å². The molecule has 0 saturated carbocycles. The Balaban J connectivity index is 2.06. The molecule has 1 fully saturated rings. The lowest BCUT2D eigenvalue weighted by Crippen LogP contribution is -2.50. The molecule has 1 aromatic carbocycles. The van der Waals surface area contributed by atoms with Crippen molar-refractivity contribution in [3.8, 4) is 0 Å². The summed E-state index contributed by atoms with van der Waals surface area (Å²) in [6.45, 7) is 1.40. The van der Waals surface area contributed by atoms with Gasteiger partial charge in [0.25, 0.3) is 0 Å². The molecule has 0 spiro atoms. The summed E-state index contributed by atoms with van der Waals surface area (Å²) in [5, 5.41) is 9.07. The van der Waals surface area contributed by atoms with E-state index in [1.54, 1.807) is 0 Å². The molecule has 1 N–H and O–H groups in total. The largest absolute Gasteiger partial charge is 0.480 e. The van der Waals surface area contributed by atoms with Crippen LogP contribution in [0.2, 0.25) is 0 Å². The molecule has 1 saturated heterocycles. The van der Waals surface area contributed by atoms with E-state index in [1.807, 2.05) is 30.3 Å². The minimum absolute atomic E-state index is 0.160. The Morgan fingerprint density at radius 2 is 2.00 bits per heavy atom. The number of amides is 2. The highest BCUT2D eigenvalue weighted by molar-refractivity contribution is 7.99. The topological polar surface area (TPSA) is 77.9 Å². The predicted octanol–water partition coefficient (Wildman–Crippen LogP) is 1.06. The molecule has 0 bridgehead atoms. The first-order chi connectivity index (χ1) is 11.0. The average molecular weight is 336 g/mol. The third-order valence-corrected chi connectivity index (χ3v) is 4.74. The summed E-state index contributed by atoms with van der Waals surface area (Å²) in [6.07, 6.45) is 0.583. The Kier molecular flexibility index (Phi) is 6.04. The van der Waals surface area contributed by atoms with Gasteiger partial charge >= 0.3 is 5.97 Å². The second kappa shape index (κ2) is 8.01. The van der Waals surface area contributed by atoms with Crippen LogP contribution < -0.4 is 0 Å². The summed E-state index contributed by atoms with van der Waals surface area (Å²) in [7, 11) is 0.